The molecule has 0 aliphatic heterocycles. The average Bonchev–Trinajstić information content (AvgIpc) is 2.79. The number of hydrogen-bond donors (Lipinski definition) is 1. The molecule has 0 spiro atoms. The fraction of sp³-hybridized carbons (Fsp3) is 0.259. The molecule has 0 heterocycles. The zero-order valence-electron chi connectivity index (χ0n) is 19.0. The Hall–Kier alpha value is -3.60. The van der Waals surface area contributed by atoms with Gasteiger partial charge in [0.1, 0.15) is 0 Å². The van der Waals surface area contributed by atoms with Crippen LogP contribution in [0.5, 0.6) is 11.5 Å². The molecular formula is C27H29NO4. The molecular weight excluding hydrogens is 402 g/mol. The molecule has 3 aromatic rings. The zero-order valence-corrected chi connectivity index (χ0v) is 19.0. The van der Waals surface area contributed by atoms with Crippen LogP contribution in [0.25, 0.3) is 0 Å². The summed E-state index contributed by atoms with van der Waals surface area (Å²) < 4.78 is 11.0. The summed E-state index contributed by atoms with van der Waals surface area (Å²) in [6, 6.07) is 20.3. The summed E-state index contributed by atoms with van der Waals surface area (Å²) in [5.74, 6) is 0.374. The van der Waals surface area contributed by atoms with Crippen LogP contribution in [0, 0.1) is 13.8 Å². The first-order valence-electron chi connectivity index (χ1n) is 10.7. The van der Waals surface area contributed by atoms with Crippen molar-refractivity contribution in [1.29, 1.82) is 0 Å². The summed E-state index contributed by atoms with van der Waals surface area (Å²) >= 11 is 0. The summed E-state index contributed by atoms with van der Waals surface area (Å²) in [5.41, 5.74) is 4.38. The van der Waals surface area contributed by atoms with E-state index in [-0.39, 0.29) is 11.9 Å². The predicted octanol–water partition coefficient (Wildman–Crippen LogP) is 5.28. The van der Waals surface area contributed by atoms with E-state index in [0.29, 0.717) is 22.6 Å². The van der Waals surface area contributed by atoms with E-state index in [4.69, 9.17) is 9.47 Å². The van der Waals surface area contributed by atoms with Crippen molar-refractivity contribution >= 4 is 11.9 Å². The lowest BCUT2D eigenvalue weighted by atomic mass is 10.0. The highest BCUT2D eigenvalue weighted by atomic mass is 16.6. The molecule has 0 radical (unpaired) electrons. The molecule has 5 nitrogen and oxygen atoms in total. The Labute approximate surface area is 189 Å². The van der Waals surface area contributed by atoms with Crippen molar-refractivity contribution in [3.63, 3.8) is 0 Å². The van der Waals surface area contributed by atoms with Gasteiger partial charge in [-0.2, -0.15) is 0 Å². The van der Waals surface area contributed by atoms with Gasteiger partial charge in [-0.3, -0.25) is 4.79 Å². The second kappa shape index (κ2) is 10.6. The highest BCUT2D eigenvalue weighted by molar-refractivity contribution is 5.94. The monoisotopic (exact) mass is 431 g/mol. The lowest BCUT2D eigenvalue weighted by Crippen LogP contribution is -2.32. The van der Waals surface area contributed by atoms with Crippen LogP contribution in [0.3, 0.4) is 0 Å². The first-order valence-corrected chi connectivity index (χ1v) is 10.7. The minimum Gasteiger partial charge on any atom is -0.493 e. The number of ether oxygens (including phenoxy) is 2. The quantitative estimate of drug-likeness (QED) is 0.389. The van der Waals surface area contributed by atoms with Crippen LogP contribution in [0.4, 0.5) is 0 Å². The molecule has 0 bridgehead atoms. The molecule has 0 aliphatic rings. The van der Waals surface area contributed by atoms with Crippen LogP contribution in [0.15, 0.2) is 66.7 Å². The minimum atomic E-state index is -0.427. The molecule has 0 saturated carbocycles. The van der Waals surface area contributed by atoms with Crippen molar-refractivity contribution in [2.45, 2.75) is 39.7 Å². The summed E-state index contributed by atoms with van der Waals surface area (Å²) in [6.45, 7) is 5.94. The molecule has 1 N–H and O–H groups in total. The maximum atomic E-state index is 12.4. The Bertz CT molecular complexity index is 1070. The van der Waals surface area contributed by atoms with Gasteiger partial charge in [0.25, 0.3) is 5.91 Å². The standard InChI is InChI=1S/C27H29NO4/c1-18-5-12-22(13-6-18)26(29)28-20(3)9-10-21-11-16-24(25(17-21)31-4)32-27(30)23-14-7-19(2)8-15-23/h5-8,11-17,20H,9-10H2,1-4H3,(H,28,29). The third-order valence-electron chi connectivity index (χ3n) is 5.28. The van der Waals surface area contributed by atoms with Gasteiger partial charge >= 0.3 is 5.97 Å². The molecule has 166 valence electrons. The molecule has 0 saturated heterocycles. The number of esters is 1. The Morgan fingerprint density at radius 3 is 2.03 bits per heavy atom. The van der Waals surface area contributed by atoms with Crippen LogP contribution < -0.4 is 14.8 Å². The van der Waals surface area contributed by atoms with Gasteiger partial charge in [0.2, 0.25) is 0 Å². The van der Waals surface area contributed by atoms with Gasteiger partial charge in [0, 0.05) is 11.6 Å². The number of carbonyl (C=O) groups excluding carboxylic acids is 2. The molecule has 3 aromatic carbocycles. The molecule has 0 aliphatic carbocycles. The van der Waals surface area contributed by atoms with Crippen LogP contribution >= 0.6 is 0 Å². The summed E-state index contributed by atoms with van der Waals surface area (Å²) in [4.78, 5) is 24.8. The second-order valence-corrected chi connectivity index (χ2v) is 8.02. The van der Waals surface area contributed by atoms with E-state index < -0.39 is 5.97 Å². The highest BCUT2D eigenvalue weighted by Gasteiger charge is 2.14. The van der Waals surface area contributed by atoms with Crippen molar-refractivity contribution in [2.24, 2.45) is 0 Å². The molecule has 0 fully saturated rings. The van der Waals surface area contributed by atoms with E-state index in [1.807, 2.05) is 69.3 Å². The van der Waals surface area contributed by atoms with Gasteiger partial charge in [-0.15, -0.1) is 0 Å². The number of methoxy groups -OCH3 is 1. The Morgan fingerprint density at radius 2 is 1.44 bits per heavy atom. The van der Waals surface area contributed by atoms with Crippen LogP contribution in [-0.2, 0) is 6.42 Å². The SMILES string of the molecule is COc1cc(CCC(C)NC(=O)c2ccc(C)cc2)ccc1OC(=O)c1ccc(C)cc1. The predicted molar refractivity (Wildman–Crippen MR) is 126 cm³/mol. The Morgan fingerprint density at radius 1 is 0.844 bits per heavy atom. The number of carbonyl (C=O) groups is 2. The van der Waals surface area contributed by atoms with Crippen molar-refractivity contribution in [2.75, 3.05) is 7.11 Å². The molecule has 0 aromatic heterocycles. The summed E-state index contributed by atoms with van der Waals surface area (Å²) in [6.07, 6.45) is 1.52. The molecule has 1 atom stereocenters. The van der Waals surface area contributed by atoms with Crippen LogP contribution in [0.2, 0.25) is 0 Å². The number of nitrogens with one attached hydrogen (secondary N) is 1. The maximum Gasteiger partial charge on any atom is 0.343 e. The fourth-order valence-corrected chi connectivity index (χ4v) is 3.27. The van der Waals surface area contributed by atoms with Crippen molar-refractivity contribution in [3.05, 3.63) is 94.5 Å². The Balaban J connectivity index is 1.57. The highest BCUT2D eigenvalue weighted by Crippen LogP contribution is 2.29. The molecule has 5 heteroatoms. The maximum absolute atomic E-state index is 12.4. The first-order chi connectivity index (χ1) is 15.4. The number of hydrogen-bond acceptors (Lipinski definition) is 4. The normalized spacial score (nSPS) is 11.5. The zero-order chi connectivity index (χ0) is 23.1. The van der Waals surface area contributed by atoms with Gasteiger partial charge < -0.3 is 14.8 Å². The number of rotatable bonds is 8. The van der Waals surface area contributed by atoms with Gasteiger partial charge in [0.05, 0.1) is 12.7 Å². The molecule has 32 heavy (non-hydrogen) atoms. The van der Waals surface area contributed by atoms with Crippen molar-refractivity contribution in [3.8, 4) is 11.5 Å². The Kier molecular flexibility index (Phi) is 7.66. The van der Waals surface area contributed by atoms with Gasteiger partial charge in [-0.05, 0) is 75.6 Å². The smallest absolute Gasteiger partial charge is 0.343 e. The number of benzene rings is 3. The van der Waals surface area contributed by atoms with Gasteiger partial charge in [-0.1, -0.05) is 41.5 Å². The summed E-state index contributed by atoms with van der Waals surface area (Å²) in [5, 5.41) is 3.03. The number of amides is 1. The summed E-state index contributed by atoms with van der Waals surface area (Å²) in [7, 11) is 1.55. The van der Waals surface area contributed by atoms with E-state index in [9.17, 15) is 9.59 Å². The molecule has 1 amide bonds. The lowest BCUT2D eigenvalue weighted by Gasteiger charge is -2.15. The van der Waals surface area contributed by atoms with E-state index >= 15 is 0 Å². The average molecular weight is 432 g/mol. The van der Waals surface area contributed by atoms with Crippen molar-refractivity contribution in [1.82, 2.24) is 5.32 Å². The van der Waals surface area contributed by atoms with Crippen LogP contribution in [-0.4, -0.2) is 25.0 Å². The lowest BCUT2D eigenvalue weighted by molar-refractivity contribution is 0.0729. The largest absolute Gasteiger partial charge is 0.493 e. The topological polar surface area (TPSA) is 64.6 Å². The third kappa shape index (κ3) is 6.20. The van der Waals surface area contributed by atoms with Gasteiger partial charge in [0.15, 0.2) is 11.5 Å². The minimum absolute atomic E-state index is 0.00818. The first kappa shape index (κ1) is 23.1. The fourth-order valence-electron chi connectivity index (χ4n) is 3.27. The molecule has 1 unspecified atom stereocenters. The number of aryl methyl sites for hydroxylation is 3. The van der Waals surface area contributed by atoms with Crippen molar-refractivity contribution < 1.29 is 19.1 Å². The van der Waals surface area contributed by atoms with E-state index in [1.54, 1.807) is 25.3 Å². The van der Waals surface area contributed by atoms with E-state index in [1.165, 1.54) is 0 Å². The van der Waals surface area contributed by atoms with E-state index in [2.05, 4.69) is 5.32 Å². The van der Waals surface area contributed by atoms with E-state index in [0.717, 1.165) is 29.5 Å². The van der Waals surface area contributed by atoms with Crippen LogP contribution in [0.1, 0.15) is 50.8 Å². The third-order valence-corrected chi connectivity index (χ3v) is 5.28. The molecule has 3 rings (SSSR count). The second-order valence-electron chi connectivity index (χ2n) is 8.02. The van der Waals surface area contributed by atoms with Gasteiger partial charge in [-0.25, -0.2) is 4.79 Å².